The van der Waals surface area contributed by atoms with E-state index in [0.29, 0.717) is 18.7 Å². The van der Waals surface area contributed by atoms with Crippen LogP contribution in [0, 0.1) is 0 Å². The van der Waals surface area contributed by atoms with E-state index in [2.05, 4.69) is 25.2 Å². The summed E-state index contributed by atoms with van der Waals surface area (Å²) in [7, 11) is 0. The Labute approximate surface area is 166 Å². The number of nitrogens with one attached hydrogen (secondary N) is 1. The molecule has 1 saturated heterocycles. The fourth-order valence-electron chi connectivity index (χ4n) is 3.24. The van der Waals surface area contributed by atoms with Gasteiger partial charge in [0.2, 0.25) is 17.7 Å². The molecule has 1 aliphatic rings. The van der Waals surface area contributed by atoms with E-state index in [1.54, 1.807) is 12.4 Å². The summed E-state index contributed by atoms with van der Waals surface area (Å²) in [5.74, 6) is 1.36. The van der Waals surface area contributed by atoms with Crippen molar-refractivity contribution in [1.29, 1.82) is 0 Å². The number of anilines is 1. The van der Waals surface area contributed by atoms with Crippen LogP contribution in [0.2, 0.25) is 0 Å². The Kier molecular flexibility index (Phi) is 6.44. The standard InChI is InChI=1S/C21H29N5O2/c1-21(2,3)28-19-9-4-7-16(25-19)10-11-18(27)24-17-8-5-14-26(15-17)20-22-12-6-13-23-20/h4,6-7,9,12-13,17H,5,8,10-11,14-15H2,1-3H3,(H,24,27). The Morgan fingerprint density at radius 1 is 1.25 bits per heavy atom. The van der Waals surface area contributed by atoms with E-state index in [4.69, 9.17) is 4.74 Å². The zero-order chi connectivity index (χ0) is 20.0. The van der Waals surface area contributed by atoms with Gasteiger partial charge in [0.1, 0.15) is 5.60 Å². The minimum atomic E-state index is -0.293. The van der Waals surface area contributed by atoms with Crippen molar-refractivity contribution in [2.75, 3.05) is 18.0 Å². The lowest BCUT2D eigenvalue weighted by Gasteiger charge is -2.33. The number of hydrogen-bond donors (Lipinski definition) is 1. The Morgan fingerprint density at radius 3 is 2.79 bits per heavy atom. The highest BCUT2D eigenvalue weighted by atomic mass is 16.5. The Balaban J connectivity index is 1.48. The smallest absolute Gasteiger partial charge is 0.225 e. The van der Waals surface area contributed by atoms with Gasteiger partial charge in [0.05, 0.1) is 0 Å². The van der Waals surface area contributed by atoms with E-state index in [1.165, 1.54) is 0 Å². The first-order chi connectivity index (χ1) is 13.4. The van der Waals surface area contributed by atoms with Gasteiger partial charge in [0.15, 0.2) is 0 Å². The molecular weight excluding hydrogens is 354 g/mol. The van der Waals surface area contributed by atoms with Gasteiger partial charge >= 0.3 is 0 Å². The first kappa shape index (κ1) is 20.0. The van der Waals surface area contributed by atoms with Crippen LogP contribution in [0.1, 0.15) is 45.7 Å². The zero-order valence-electron chi connectivity index (χ0n) is 16.9. The average Bonchev–Trinajstić information content (AvgIpc) is 2.66. The predicted octanol–water partition coefficient (Wildman–Crippen LogP) is 2.77. The molecule has 7 heteroatoms. The summed E-state index contributed by atoms with van der Waals surface area (Å²) in [5.41, 5.74) is 0.568. The molecule has 28 heavy (non-hydrogen) atoms. The molecular formula is C21H29N5O2. The van der Waals surface area contributed by atoms with Crippen LogP contribution in [0.4, 0.5) is 5.95 Å². The molecule has 1 fully saturated rings. The van der Waals surface area contributed by atoms with E-state index in [-0.39, 0.29) is 17.6 Å². The van der Waals surface area contributed by atoms with Gasteiger partial charge in [-0.25, -0.2) is 15.0 Å². The molecule has 2 aromatic heterocycles. The molecule has 0 bridgehead atoms. The molecule has 1 amide bonds. The summed E-state index contributed by atoms with van der Waals surface area (Å²) in [5, 5.41) is 3.15. The number of aromatic nitrogens is 3. The predicted molar refractivity (Wildman–Crippen MR) is 108 cm³/mol. The Bertz CT molecular complexity index is 776. The number of rotatable bonds is 6. The third kappa shape index (κ3) is 6.18. The van der Waals surface area contributed by atoms with Crippen LogP contribution in [-0.4, -0.2) is 45.6 Å². The molecule has 0 spiro atoms. The highest BCUT2D eigenvalue weighted by molar-refractivity contribution is 5.76. The van der Waals surface area contributed by atoms with Gasteiger partial charge in [0.25, 0.3) is 0 Å². The molecule has 1 aliphatic heterocycles. The number of aryl methyl sites for hydroxylation is 1. The van der Waals surface area contributed by atoms with Crippen LogP contribution in [0.5, 0.6) is 5.88 Å². The Hall–Kier alpha value is -2.70. The number of hydrogen-bond acceptors (Lipinski definition) is 6. The van der Waals surface area contributed by atoms with Crippen molar-refractivity contribution >= 4 is 11.9 Å². The van der Waals surface area contributed by atoms with Crippen molar-refractivity contribution in [1.82, 2.24) is 20.3 Å². The van der Waals surface area contributed by atoms with Crippen LogP contribution >= 0.6 is 0 Å². The molecule has 150 valence electrons. The second kappa shape index (κ2) is 8.99. The summed E-state index contributed by atoms with van der Waals surface area (Å²) in [6.45, 7) is 7.62. The molecule has 1 atom stereocenters. The summed E-state index contributed by atoms with van der Waals surface area (Å²) >= 11 is 0. The lowest BCUT2D eigenvalue weighted by atomic mass is 10.1. The maximum absolute atomic E-state index is 12.4. The summed E-state index contributed by atoms with van der Waals surface area (Å²) in [6, 6.07) is 7.62. The maximum Gasteiger partial charge on any atom is 0.225 e. The molecule has 7 nitrogen and oxygen atoms in total. The lowest BCUT2D eigenvalue weighted by molar-refractivity contribution is -0.121. The fraction of sp³-hybridized carbons (Fsp3) is 0.524. The van der Waals surface area contributed by atoms with Gasteiger partial charge < -0.3 is 15.0 Å². The van der Waals surface area contributed by atoms with Gasteiger partial charge in [-0.2, -0.15) is 0 Å². The lowest BCUT2D eigenvalue weighted by Crippen LogP contribution is -2.48. The number of ether oxygens (including phenoxy) is 1. The normalized spacial score (nSPS) is 17.2. The van der Waals surface area contributed by atoms with E-state index < -0.39 is 0 Å². The van der Waals surface area contributed by atoms with Gasteiger partial charge in [-0.05, 0) is 52.2 Å². The van der Waals surface area contributed by atoms with Crippen LogP contribution in [0.15, 0.2) is 36.7 Å². The number of nitrogens with zero attached hydrogens (tertiary/aromatic N) is 4. The van der Waals surface area contributed by atoms with Crippen LogP contribution in [0.25, 0.3) is 0 Å². The fourth-order valence-corrected chi connectivity index (χ4v) is 3.24. The number of carbonyl (C=O) groups excluding carboxylic acids is 1. The second-order valence-corrected chi connectivity index (χ2v) is 8.08. The molecule has 3 heterocycles. The van der Waals surface area contributed by atoms with Crippen molar-refractivity contribution in [3.05, 3.63) is 42.4 Å². The minimum Gasteiger partial charge on any atom is -0.472 e. The molecule has 3 rings (SSSR count). The molecule has 0 saturated carbocycles. The summed E-state index contributed by atoms with van der Waals surface area (Å²) in [4.78, 5) is 27.7. The third-order valence-corrected chi connectivity index (χ3v) is 4.42. The van der Waals surface area contributed by atoms with Crippen LogP contribution < -0.4 is 15.0 Å². The monoisotopic (exact) mass is 383 g/mol. The molecule has 0 aromatic carbocycles. The molecule has 0 radical (unpaired) electrons. The van der Waals surface area contributed by atoms with E-state index >= 15 is 0 Å². The summed E-state index contributed by atoms with van der Waals surface area (Å²) < 4.78 is 5.80. The van der Waals surface area contributed by atoms with Gasteiger partial charge in [0, 0.05) is 49.7 Å². The van der Waals surface area contributed by atoms with Gasteiger partial charge in [-0.1, -0.05) is 6.07 Å². The van der Waals surface area contributed by atoms with Crippen molar-refractivity contribution in [3.63, 3.8) is 0 Å². The molecule has 2 aromatic rings. The van der Waals surface area contributed by atoms with Crippen LogP contribution in [0.3, 0.4) is 0 Å². The van der Waals surface area contributed by atoms with Crippen LogP contribution in [-0.2, 0) is 11.2 Å². The highest BCUT2D eigenvalue weighted by Gasteiger charge is 2.23. The SMILES string of the molecule is CC(C)(C)Oc1cccc(CCC(=O)NC2CCCN(c3ncccn3)C2)n1. The van der Waals surface area contributed by atoms with Gasteiger partial charge in [-0.3, -0.25) is 4.79 Å². The number of amides is 1. The van der Waals surface area contributed by atoms with E-state index in [0.717, 1.165) is 37.6 Å². The molecule has 0 aliphatic carbocycles. The number of carbonyl (C=O) groups is 1. The topological polar surface area (TPSA) is 80.2 Å². The summed E-state index contributed by atoms with van der Waals surface area (Å²) in [6.07, 6.45) is 6.47. The minimum absolute atomic E-state index is 0.0461. The largest absolute Gasteiger partial charge is 0.472 e. The average molecular weight is 383 g/mol. The molecule has 1 unspecified atom stereocenters. The van der Waals surface area contributed by atoms with Crippen molar-refractivity contribution < 1.29 is 9.53 Å². The van der Waals surface area contributed by atoms with Gasteiger partial charge in [-0.15, -0.1) is 0 Å². The van der Waals surface area contributed by atoms with Crippen molar-refractivity contribution in [2.24, 2.45) is 0 Å². The van der Waals surface area contributed by atoms with Crippen molar-refractivity contribution in [2.45, 2.75) is 58.1 Å². The van der Waals surface area contributed by atoms with E-state index in [1.807, 2.05) is 45.0 Å². The molecule has 1 N–H and O–H groups in total. The third-order valence-electron chi connectivity index (χ3n) is 4.42. The Morgan fingerprint density at radius 2 is 2.04 bits per heavy atom. The second-order valence-electron chi connectivity index (χ2n) is 8.08. The first-order valence-electron chi connectivity index (χ1n) is 9.85. The number of piperidine rings is 1. The zero-order valence-corrected chi connectivity index (χ0v) is 16.9. The maximum atomic E-state index is 12.4. The highest BCUT2D eigenvalue weighted by Crippen LogP contribution is 2.17. The number of pyridine rings is 1. The first-order valence-corrected chi connectivity index (χ1v) is 9.85. The van der Waals surface area contributed by atoms with Crippen molar-refractivity contribution in [3.8, 4) is 5.88 Å². The van der Waals surface area contributed by atoms with E-state index in [9.17, 15) is 4.79 Å². The quantitative estimate of drug-likeness (QED) is 0.826.